The van der Waals surface area contributed by atoms with Crippen LogP contribution in [-0.4, -0.2) is 44.1 Å². The van der Waals surface area contributed by atoms with E-state index in [2.05, 4.69) is 15.6 Å². The van der Waals surface area contributed by atoms with Gasteiger partial charge in [-0.3, -0.25) is 9.59 Å². The number of benzene rings is 1. The summed E-state index contributed by atoms with van der Waals surface area (Å²) in [5, 5.41) is 5.91. The van der Waals surface area contributed by atoms with Crippen LogP contribution in [-0.2, 0) is 11.3 Å². The highest BCUT2D eigenvalue weighted by Gasteiger charge is 2.32. The number of methoxy groups -OCH3 is 2. The highest BCUT2D eigenvalue weighted by Crippen LogP contribution is 2.35. The predicted molar refractivity (Wildman–Crippen MR) is 109 cm³/mol. The first kappa shape index (κ1) is 19.0. The maximum absolute atomic E-state index is 12.7. The summed E-state index contributed by atoms with van der Waals surface area (Å²) in [7, 11) is 3.16. The highest BCUT2D eigenvalue weighted by molar-refractivity contribution is 6.04. The van der Waals surface area contributed by atoms with E-state index in [9.17, 15) is 9.59 Å². The summed E-state index contributed by atoms with van der Waals surface area (Å²) >= 11 is 0. The summed E-state index contributed by atoms with van der Waals surface area (Å²) in [6, 6.07) is 7.17. The van der Waals surface area contributed by atoms with Gasteiger partial charge in [-0.2, -0.15) is 0 Å². The van der Waals surface area contributed by atoms with E-state index in [-0.39, 0.29) is 18.4 Å². The van der Waals surface area contributed by atoms with Crippen molar-refractivity contribution < 1.29 is 19.1 Å². The van der Waals surface area contributed by atoms with Crippen LogP contribution >= 0.6 is 0 Å². The topological polar surface area (TPSA) is 92.8 Å². The van der Waals surface area contributed by atoms with Gasteiger partial charge < -0.3 is 25.0 Å². The van der Waals surface area contributed by atoms with Crippen molar-refractivity contribution in [3.05, 3.63) is 41.6 Å². The van der Waals surface area contributed by atoms with E-state index >= 15 is 0 Å². The van der Waals surface area contributed by atoms with Gasteiger partial charge in [0.2, 0.25) is 5.91 Å². The molecule has 1 saturated carbocycles. The molecule has 1 aliphatic carbocycles. The Kier molecular flexibility index (Phi) is 5.24. The van der Waals surface area contributed by atoms with Gasteiger partial charge in [-0.25, -0.2) is 4.98 Å². The second-order valence-electron chi connectivity index (χ2n) is 7.25. The number of aromatic nitrogens is 1. The first-order valence-electron chi connectivity index (χ1n) is 9.62. The molecule has 0 spiro atoms. The summed E-state index contributed by atoms with van der Waals surface area (Å²) in [6.45, 7) is 1.21. The zero-order valence-corrected chi connectivity index (χ0v) is 16.5. The summed E-state index contributed by atoms with van der Waals surface area (Å²) < 4.78 is 10.6. The number of hydrogen-bond acceptors (Lipinski definition) is 6. The van der Waals surface area contributed by atoms with Gasteiger partial charge in [0, 0.05) is 30.9 Å². The molecule has 8 heteroatoms. The Morgan fingerprint density at radius 1 is 1.28 bits per heavy atom. The Hall–Kier alpha value is -3.29. The number of pyridine rings is 1. The second kappa shape index (κ2) is 7.98. The minimum atomic E-state index is -0.262. The largest absolute Gasteiger partial charge is 0.497 e. The Balaban J connectivity index is 1.49. The van der Waals surface area contributed by atoms with Crippen LogP contribution < -0.4 is 25.0 Å². The lowest BCUT2D eigenvalue weighted by Crippen LogP contribution is -2.41. The third kappa shape index (κ3) is 4.11. The van der Waals surface area contributed by atoms with E-state index < -0.39 is 0 Å². The minimum Gasteiger partial charge on any atom is -0.497 e. The normalized spacial score (nSPS) is 15.4. The fourth-order valence-corrected chi connectivity index (χ4v) is 3.34. The molecule has 8 nitrogen and oxygen atoms in total. The van der Waals surface area contributed by atoms with Crippen LogP contribution in [0.25, 0.3) is 0 Å². The molecule has 1 aromatic heterocycles. The average Bonchev–Trinajstić information content (AvgIpc) is 3.57. The molecule has 2 N–H and O–H groups in total. The fourth-order valence-electron chi connectivity index (χ4n) is 3.34. The molecule has 0 unspecified atom stereocenters. The van der Waals surface area contributed by atoms with Crippen LogP contribution in [0.5, 0.6) is 11.5 Å². The van der Waals surface area contributed by atoms with Crippen molar-refractivity contribution in [3.63, 3.8) is 0 Å². The number of nitrogens with one attached hydrogen (secondary N) is 2. The van der Waals surface area contributed by atoms with E-state index in [1.807, 2.05) is 12.1 Å². The number of rotatable bonds is 7. The molecule has 4 rings (SSSR count). The molecule has 29 heavy (non-hydrogen) atoms. The Morgan fingerprint density at radius 3 is 2.83 bits per heavy atom. The lowest BCUT2D eigenvalue weighted by atomic mass is 10.1. The smallest absolute Gasteiger partial charge is 0.253 e. The lowest BCUT2D eigenvalue weighted by molar-refractivity contribution is -0.117. The second-order valence-corrected chi connectivity index (χ2v) is 7.25. The SMILES string of the molecule is COc1ccc(CNC(=O)c2cnc3c(c2)N(CC2CC2)C(=O)CN3)c(OC)c1. The van der Waals surface area contributed by atoms with Crippen LogP contribution in [0, 0.1) is 5.92 Å². The summed E-state index contributed by atoms with van der Waals surface area (Å²) in [5.41, 5.74) is 1.91. The molecule has 0 atom stereocenters. The molecule has 0 saturated heterocycles. The van der Waals surface area contributed by atoms with Gasteiger partial charge in [0.1, 0.15) is 17.3 Å². The van der Waals surface area contributed by atoms with Crippen LogP contribution in [0.3, 0.4) is 0 Å². The zero-order valence-electron chi connectivity index (χ0n) is 16.5. The first-order chi connectivity index (χ1) is 14.1. The van der Waals surface area contributed by atoms with Gasteiger partial charge in [-0.1, -0.05) is 0 Å². The molecule has 1 fully saturated rings. The fraction of sp³-hybridized carbons (Fsp3) is 0.381. The van der Waals surface area contributed by atoms with Gasteiger partial charge in [0.05, 0.1) is 32.0 Å². The van der Waals surface area contributed by atoms with Crippen molar-refractivity contribution in [1.29, 1.82) is 0 Å². The number of carbonyl (C=O) groups excluding carboxylic acids is 2. The van der Waals surface area contributed by atoms with E-state index in [1.54, 1.807) is 31.3 Å². The lowest BCUT2D eigenvalue weighted by Gasteiger charge is -2.29. The van der Waals surface area contributed by atoms with E-state index in [0.717, 1.165) is 18.4 Å². The maximum Gasteiger partial charge on any atom is 0.253 e. The van der Waals surface area contributed by atoms with Gasteiger partial charge in [0.25, 0.3) is 5.91 Å². The van der Waals surface area contributed by atoms with Crippen molar-refractivity contribution >= 4 is 23.3 Å². The molecule has 0 bridgehead atoms. The molecule has 152 valence electrons. The zero-order chi connectivity index (χ0) is 20.4. The maximum atomic E-state index is 12.7. The number of carbonyl (C=O) groups is 2. The number of hydrogen-bond donors (Lipinski definition) is 2. The summed E-state index contributed by atoms with van der Waals surface area (Å²) in [5.74, 6) is 2.25. The highest BCUT2D eigenvalue weighted by atomic mass is 16.5. The third-order valence-electron chi connectivity index (χ3n) is 5.20. The van der Waals surface area contributed by atoms with Gasteiger partial charge in [-0.15, -0.1) is 0 Å². The van der Waals surface area contributed by atoms with E-state index in [4.69, 9.17) is 9.47 Å². The summed E-state index contributed by atoms with van der Waals surface area (Å²) in [4.78, 5) is 31.2. The van der Waals surface area contributed by atoms with E-state index in [0.29, 0.717) is 47.6 Å². The monoisotopic (exact) mass is 396 g/mol. The molecule has 2 aromatic rings. The molecule has 2 aliphatic rings. The Labute approximate surface area is 169 Å². The average molecular weight is 396 g/mol. The molecule has 1 aromatic carbocycles. The van der Waals surface area contributed by atoms with Crippen molar-refractivity contribution in [1.82, 2.24) is 10.3 Å². The van der Waals surface area contributed by atoms with Crippen molar-refractivity contribution in [2.24, 2.45) is 5.92 Å². The number of nitrogens with zero attached hydrogens (tertiary/aromatic N) is 2. The number of anilines is 2. The number of fused-ring (bicyclic) bond motifs is 1. The standard InChI is InChI=1S/C21H24N4O4/c1-28-16-6-5-14(18(8-16)29-2)9-24-21(27)15-7-17-20(22-10-15)23-11-19(26)25(17)12-13-3-4-13/h5-8,10,13H,3-4,9,11-12H2,1-2H3,(H,22,23)(H,24,27). The molecular formula is C21H24N4O4. The Bertz CT molecular complexity index is 942. The van der Waals surface area contributed by atoms with Crippen LogP contribution in [0.15, 0.2) is 30.5 Å². The van der Waals surface area contributed by atoms with Crippen LogP contribution in [0.2, 0.25) is 0 Å². The van der Waals surface area contributed by atoms with Crippen molar-refractivity contribution in [3.8, 4) is 11.5 Å². The van der Waals surface area contributed by atoms with Crippen molar-refractivity contribution in [2.75, 3.05) is 37.5 Å². The quantitative estimate of drug-likeness (QED) is 0.745. The van der Waals surface area contributed by atoms with E-state index in [1.165, 1.54) is 6.20 Å². The number of ether oxygens (including phenoxy) is 2. The third-order valence-corrected chi connectivity index (χ3v) is 5.20. The molecule has 0 radical (unpaired) electrons. The number of amides is 2. The van der Waals surface area contributed by atoms with Gasteiger partial charge in [-0.05, 0) is 37.0 Å². The Morgan fingerprint density at radius 2 is 2.10 bits per heavy atom. The van der Waals surface area contributed by atoms with Crippen LogP contribution in [0.1, 0.15) is 28.8 Å². The summed E-state index contributed by atoms with van der Waals surface area (Å²) in [6.07, 6.45) is 3.81. The first-order valence-corrected chi connectivity index (χ1v) is 9.62. The molecule has 2 amide bonds. The van der Waals surface area contributed by atoms with Crippen molar-refractivity contribution in [2.45, 2.75) is 19.4 Å². The molecule has 1 aliphatic heterocycles. The minimum absolute atomic E-state index is 0.00623. The van der Waals surface area contributed by atoms with Gasteiger partial charge in [0.15, 0.2) is 0 Å². The predicted octanol–water partition coefficient (Wildman–Crippen LogP) is 2.20. The van der Waals surface area contributed by atoms with Crippen LogP contribution in [0.4, 0.5) is 11.5 Å². The molecular weight excluding hydrogens is 372 g/mol. The molecule has 2 heterocycles. The van der Waals surface area contributed by atoms with Gasteiger partial charge >= 0.3 is 0 Å².